The van der Waals surface area contributed by atoms with Crippen LogP contribution >= 0.6 is 0 Å². The van der Waals surface area contributed by atoms with Gasteiger partial charge < -0.3 is 15.7 Å². The minimum absolute atomic E-state index is 0.209. The number of rotatable bonds is 2. The Morgan fingerprint density at radius 2 is 2.00 bits per heavy atom. The van der Waals surface area contributed by atoms with Gasteiger partial charge >= 0.3 is 0 Å². The number of piperazine rings is 1. The molecule has 1 rings (SSSR count). The van der Waals surface area contributed by atoms with E-state index in [4.69, 9.17) is 0 Å². The minimum atomic E-state index is -0.666. The highest BCUT2D eigenvalue weighted by Crippen LogP contribution is 2.29. The van der Waals surface area contributed by atoms with Crippen molar-refractivity contribution < 1.29 is 5.11 Å². The summed E-state index contributed by atoms with van der Waals surface area (Å²) < 4.78 is 0. The summed E-state index contributed by atoms with van der Waals surface area (Å²) >= 11 is 0. The van der Waals surface area contributed by atoms with Gasteiger partial charge in [0.25, 0.3) is 0 Å². The van der Waals surface area contributed by atoms with Gasteiger partial charge in [-0.25, -0.2) is 0 Å². The summed E-state index contributed by atoms with van der Waals surface area (Å²) in [7, 11) is 0. The highest BCUT2D eigenvalue weighted by molar-refractivity contribution is 5.04. The van der Waals surface area contributed by atoms with Crippen LogP contribution in [0, 0.1) is 5.92 Å². The molecule has 1 heterocycles. The Labute approximate surface area is 80.9 Å². The second-order valence-corrected chi connectivity index (χ2v) is 4.74. The molecule has 3 nitrogen and oxygen atoms in total. The second kappa shape index (κ2) is 3.56. The molecule has 3 heteroatoms. The summed E-state index contributed by atoms with van der Waals surface area (Å²) in [6.45, 7) is 10.9. The summed E-state index contributed by atoms with van der Waals surface area (Å²) in [6, 6.07) is 0. The van der Waals surface area contributed by atoms with Gasteiger partial charge in [-0.15, -0.1) is 0 Å². The van der Waals surface area contributed by atoms with Crippen LogP contribution in [-0.2, 0) is 0 Å². The standard InChI is InChI=1S/C10H22N2O/c1-8(2)10(4,13)9(3)7-11-5-6-12-9/h8,11-13H,5-7H2,1-4H3/t9?,10-/m1/s1. The Hall–Kier alpha value is -0.120. The summed E-state index contributed by atoms with van der Waals surface area (Å²) in [5.41, 5.74) is -0.875. The minimum Gasteiger partial charge on any atom is -0.388 e. The average Bonchev–Trinajstić information content (AvgIpc) is 2.05. The van der Waals surface area contributed by atoms with Crippen molar-refractivity contribution in [3.63, 3.8) is 0 Å². The summed E-state index contributed by atoms with van der Waals surface area (Å²) in [5.74, 6) is 0.255. The lowest BCUT2D eigenvalue weighted by atomic mass is 9.74. The first kappa shape index (κ1) is 11.0. The average molecular weight is 186 g/mol. The number of aliphatic hydroxyl groups is 1. The summed E-state index contributed by atoms with van der Waals surface area (Å²) in [4.78, 5) is 0. The van der Waals surface area contributed by atoms with Gasteiger partial charge in [0, 0.05) is 19.6 Å². The van der Waals surface area contributed by atoms with Gasteiger partial charge in [0.05, 0.1) is 11.1 Å². The molecule has 0 aromatic rings. The Morgan fingerprint density at radius 1 is 1.38 bits per heavy atom. The van der Waals surface area contributed by atoms with Gasteiger partial charge in [0.2, 0.25) is 0 Å². The normalized spacial score (nSPS) is 34.6. The van der Waals surface area contributed by atoms with Crippen LogP contribution in [-0.4, -0.2) is 35.9 Å². The van der Waals surface area contributed by atoms with Gasteiger partial charge in [-0.3, -0.25) is 0 Å². The largest absolute Gasteiger partial charge is 0.388 e. The van der Waals surface area contributed by atoms with Crippen molar-refractivity contribution in [1.82, 2.24) is 10.6 Å². The smallest absolute Gasteiger partial charge is 0.0832 e. The molecule has 1 aliphatic rings. The predicted octanol–water partition coefficient (Wildman–Crippen LogP) is 0.345. The maximum atomic E-state index is 10.4. The first-order chi connectivity index (χ1) is 5.90. The monoisotopic (exact) mass is 186 g/mol. The van der Waals surface area contributed by atoms with Crippen LogP contribution in [0.15, 0.2) is 0 Å². The molecule has 78 valence electrons. The van der Waals surface area contributed by atoms with Crippen LogP contribution in [0.2, 0.25) is 0 Å². The third-order valence-electron chi connectivity index (χ3n) is 3.54. The molecular formula is C10H22N2O. The molecule has 0 radical (unpaired) electrons. The molecule has 2 atom stereocenters. The molecule has 13 heavy (non-hydrogen) atoms. The van der Waals surface area contributed by atoms with E-state index >= 15 is 0 Å². The van der Waals surface area contributed by atoms with Crippen molar-refractivity contribution in [1.29, 1.82) is 0 Å². The summed E-state index contributed by atoms with van der Waals surface area (Å²) in [5, 5.41) is 17.1. The maximum absolute atomic E-state index is 10.4. The van der Waals surface area contributed by atoms with Crippen molar-refractivity contribution in [2.45, 2.75) is 38.8 Å². The Kier molecular flexibility index (Phi) is 3.00. The van der Waals surface area contributed by atoms with E-state index in [1.54, 1.807) is 0 Å². The van der Waals surface area contributed by atoms with Crippen molar-refractivity contribution in [3.05, 3.63) is 0 Å². The van der Waals surface area contributed by atoms with E-state index in [-0.39, 0.29) is 11.5 Å². The molecule has 0 aromatic heterocycles. The van der Waals surface area contributed by atoms with Crippen LogP contribution in [0.3, 0.4) is 0 Å². The van der Waals surface area contributed by atoms with Crippen LogP contribution in [0.5, 0.6) is 0 Å². The Balaban J connectivity index is 2.76. The molecule has 1 saturated heterocycles. The third kappa shape index (κ3) is 1.87. The molecule has 0 amide bonds. The van der Waals surface area contributed by atoms with Crippen molar-refractivity contribution in [2.24, 2.45) is 5.92 Å². The van der Waals surface area contributed by atoms with Crippen LogP contribution in [0.1, 0.15) is 27.7 Å². The highest BCUT2D eigenvalue weighted by atomic mass is 16.3. The van der Waals surface area contributed by atoms with E-state index in [0.29, 0.717) is 0 Å². The Bertz CT molecular complexity index is 172. The molecule has 0 saturated carbocycles. The Morgan fingerprint density at radius 3 is 2.38 bits per heavy atom. The summed E-state index contributed by atoms with van der Waals surface area (Å²) in [6.07, 6.45) is 0. The molecule has 1 unspecified atom stereocenters. The van der Waals surface area contributed by atoms with E-state index in [1.807, 2.05) is 6.92 Å². The van der Waals surface area contributed by atoms with Gasteiger partial charge in [0.15, 0.2) is 0 Å². The lowest BCUT2D eigenvalue weighted by Gasteiger charge is -2.48. The number of hydrogen-bond donors (Lipinski definition) is 3. The van der Waals surface area contributed by atoms with Crippen LogP contribution in [0.4, 0.5) is 0 Å². The van der Waals surface area contributed by atoms with Crippen LogP contribution < -0.4 is 10.6 Å². The van der Waals surface area contributed by atoms with Crippen LogP contribution in [0.25, 0.3) is 0 Å². The van der Waals surface area contributed by atoms with E-state index in [0.717, 1.165) is 19.6 Å². The zero-order valence-electron chi connectivity index (χ0n) is 9.15. The zero-order valence-corrected chi connectivity index (χ0v) is 9.15. The fraction of sp³-hybridized carbons (Fsp3) is 1.00. The fourth-order valence-corrected chi connectivity index (χ4v) is 1.82. The predicted molar refractivity (Wildman–Crippen MR) is 54.7 cm³/mol. The third-order valence-corrected chi connectivity index (χ3v) is 3.54. The lowest BCUT2D eigenvalue weighted by Crippen LogP contribution is -2.70. The fourth-order valence-electron chi connectivity index (χ4n) is 1.82. The van der Waals surface area contributed by atoms with Gasteiger partial charge in [-0.1, -0.05) is 13.8 Å². The van der Waals surface area contributed by atoms with E-state index in [2.05, 4.69) is 31.4 Å². The number of hydrogen-bond acceptors (Lipinski definition) is 3. The van der Waals surface area contributed by atoms with Gasteiger partial charge in [0.1, 0.15) is 0 Å². The molecule has 0 bridgehead atoms. The zero-order chi connectivity index (χ0) is 10.1. The van der Waals surface area contributed by atoms with E-state index < -0.39 is 5.60 Å². The first-order valence-corrected chi connectivity index (χ1v) is 5.08. The lowest BCUT2D eigenvalue weighted by molar-refractivity contribution is -0.0706. The first-order valence-electron chi connectivity index (χ1n) is 5.08. The van der Waals surface area contributed by atoms with Crippen molar-refractivity contribution in [2.75, 3.05) is 19.6 Å². The molecule has 0 aromatic carbocycles. The topological polar surface area (TPSA) is 44.3 Å². The second-order valence-electron chi connectivity index (χ2n) is 4.74. The molecule has 3 N–H and O–H groups in total. The highest BCUT2D eigenvalue weighted by Gasteiger charge is 2.45. The van der Waals surface area contributed by atoms with Gasteiger partial charge in [-0.05, 0) is 19.8 Å². The maximum Gasteiger partial charge on any atom is 0.0832 e. The quantitative estimate of drug-likeness (QED) is 0.583. The molecule has 0 spiro atoms. The number of nitrogens with one attached hydrogen (secondary N) is 2. The van der Waals surface area contributed by atoms with Crippen molar-refractivity contribution >= 4 is 0 Å². The van der Waals surface area contributed by atoms with E-state index in [1.165, 1.54) is 0 Å². The molecule has 1 fully saturated rings. The molecule has 0 aliphatic carbocycles. The van der Waals surface area contributed by atoms with Crippen molar-refractivity contribution in [3.8, 4) is 0 Å². The van der Waals surface area contributed by atoms with Gasteiger partial charge in [-0.2, -0.15) is 0 Å². The molecular weight excluding hydrogens is 164 g/mol. The van der Waals surface area contributed by atoms with E-state index in [9.17, 15) is 5.11 Å². The molecule has 1 aliphatic heterocycles. The SMILES string of the molecule is CC(C)[C@@](C)(O)C1(C)CNCCN1.